The maximum Gasteiger partial charge on any atom is 0.332 e. The lowest BCUT2D eigenvalue weighted by molar-refractivity contribution is 0.495. The third kappa shape index (κ3) is 5.53. The zero-order valence-electron chi connectivity index (χ0n) is 21.0. The zero-order chi connectivity index (χ0) is 26.0. The van der Waals surface area contributed by atoms with Crippen LogP contribution in [0.1, 0.15) is 37.8 Å². The number of nitrogens with zero attached hydrogens (tertiary/aromatic N) is 5. The first-order valence-electron chi connectivity index (χ1n) is 12.1. The summed E-state index contributed by atoms with van der Waals surface area (Å²) >= 11 is -2.15. The van der Waals surface area contributed by atoms with Crippen molar-refractivity contribution in [2.24, 2.45) is 12.8 Å². The number of hydrogen-bond acceptors (Lipinski definition) is 7. The second-order valence-corrected chi connectivity index (χ2v) is 10.5. The van der Waals surface area contributed by atoms with Crippen molar-refractivity contribution in [2.75, 3.05) is 18.0 Å². The van der Waals surface area contributed by atoms with E-state index in [1.807, 2.05) is 36.6 Å². The number of piperidine rings is 1. The molecule has 11 heteroatoms. The summed E-state index contributed by atoms with van der Waals surface area (Å²) in [7, 11) is 1.64. The number of benzene rings is 1. The van der Waals surface area contributed by atoms with Crippen LogP contribution in [0.2, 0.25) is 0 Å². The topological polar surface area (TPSA) is 131 Å². The number of nitrogens with two attached hydrogens (primary N) is 1. The Morgan fingerprint density at radius 3 is 2.53 bits per heavy atom. The number of allylic oxidation sites excluding steroid dienone is 2. The molecule has 0 spiro atoms. The van der Waals surface area contributed by atoms with Crippen LogP contribution in [0.4, 0.5) is 5.95 Å². The Morgan fingerprint density at radius 2 is 1.89 bits per heavy atom. The Balaban J connectivity index is 1.74. The van der Waals surface area contributed by atoms with Crippen LogP contribution in [-0.2, 0) is 43.4 Å². The van der Waals surface area contributed by atoms with Crippen LogP contribution in [0, 0.1) is 0 Å². The largest absolute Gasteiger partial charge is 0.772 e. The summed E-state index contributed by atoms with van der Waals surface area (Å²) in [5, 5.41) is 0. The van der Waals surface area contributed by atoms with E-state index in [4.69, 9.17) is 10.7 Å². The molecule has 1 aliphatic rings. The molecule has 0 aliphatic carbocycles. The SMILES string of the molecule is CC(C)=CCn1c(N2CCCC(N)C2)nc2c1c(=O)n(CCc1ccc(CS(=O)[O-])cc1)c(=O)n2C. The molecule has 3 heterocycles. The number of aromatic nitrogens is 4. The van der Waals surface area contributed by atoms with Crippen LogP contribution in [0.5, 0.6) is 0 Å². The summed E-state index contributed by atoms with van der Waals surface area (Å²) < 4.78 is 26.4. The normalized spacial score (nSPS) is 16.9. The fraction of sp³-hybridized carbons (Fsp3) is 0.480. The van der Waals surface area contributed by atoms with Gasteiger partial charge in [-0.05, 0) is 44.2 Å². The molecule has 0 amide bonds. The number of rotatable bonds is 8. The molecule has 0 bridgehead atoms. The summed E-state index contributed by atoms with van der Waals surface area (Å²) in [5.74, 6) is 0.616. The third-order valence-corrected chi connectivity index (χ3v) is 7.14. The highest BCUT2D eigenvalue weighted by molar-refractivity contribution is 7.78. The Labute approximate surface area is 212 Å². The van der Waals surface area contributed by atoms with Gasteiger partial charge in [0.05, 0.1) is 0 Å². The van der Waals surface area contributed by atoms with Crippen molar-refractivity contribution >= 4 is 28.2 Å². The fourth-order valence-corrected chi connectivity index (χ4v) is 5.08. The van der Waals surface area contributed by atoms with Gasteiger partial charge in [0, 0.05) is 45.0 Å². The van der Waals surface area contributed by atoms with Crippen LogP contribution in [0.25, 0.3) is 11.2 Å². The van der Waals surface area contributed by atoms with Crippen molar-refractivity contribution in [3.8, 4) is 0 Å². The van der Waals surface area contributed by atoms with E-state index in [1.54, 1.807) is 19.2 Å². The lowest BCUT2D eigenvalue weighted by Gasteiger charge is -2.31. The maximum absolute atomic E-state index is 13.7. The standard InChI is InChI=1S/C25H34N6O4S/c1-17(2)10-13-30-21-22(27-24(30)29-12-4-5-20(26)15-29)28(3)25(33)31(23(21)32)14-11-18-6-8-19(9-7-18)16-36(34)35/h6-10,20H,4-5,11-16,26H2,1-3H3,(H,34,35)/p-1. The quantitative estimate of drug-likeness (QED) is 0.356. The number of imidazole rings is 1. The molecular weight excluding hydrogens is 480 g/mol. The van der Waals surface area contributed by atoms with Crippen LogP contribution < -0.4 is 21.9 Å². The van der Waals surface area contributed by atoms with Crippen molar-refractivity contribution in [3.05, 3.63) is 67.9 Å². The predicted octanol–water partition coefficient (Wildman–Crippen LogP) is 1.41. The summed E-state index contributed by atoms with van der Waals surface area (Å²) in [6.07, 6.45) is 4.39. The van der Waals surface area contributed by atoms with Gasteiger partial charge in [0.15, 0.2) is 11.2 Å². The predicted molar refractivity (Wildman–Crippen MR) is 141 cm³/mol. The molecule has 1 fully saturated rings. The number of hydrogen-bond donors (Lipinski definition) is 1. The lowest BCUT2D eigenvalue weighted by atomic mass is 10.1. The first kappa shape index (κ1) is 26.1. The monoisotopic (exact) mass is 513 g/mol. The van der Waals surface area contributed by atoms with Crippen molar-refractivity contribution in [1.29, 1.82) is 0 Å². The molecule has 194 valence electrons. The van der Waals surface area contributed by atoms with Crippen molar-refractivity contribution in [1.82, 2.24) is 18.7 Å². The van der Waals surface area contributed by atoms with E-state index in [9.17, 15) is 18.4 Å². The van der Waals surface area contributed by atoms with Crippen LogP contribution in [0.15, 0.2) is 45.5 Å². The Morgan fingerprint density at radius 1 is 1.19 bits per heavy atom. The molecule has 0 saturated carbocycles. The Hall–Kier alpha value is -3.02. The van der Waals surface area contributed by atoms with Crippen LogP contribution in [-0.4, -0.2) is 46.6 Å². The third-order valence-electron chi connectivity index (χ3n) is 6.57. The van der Waals surface area contributed by atoms with Gasteiger partial charge in [0.25, 0.3) is 5.56 Å². The van der Waals surface area contributed by atoms with Gasteiger partial charge in [-0.3, -0.25) is 18.1 Å². The molecule has 2 N–H and O–H groups in total. The average molecular weight is 514 g/mol. The van der Waals surface area contributed by atoms with E-state index in [-0.39, 0.29) is 23.9 Å². The van der Waals surface area contributed by atoms with E-state index in [0.717, 1.165) is 30.5 Å². The highest BCUT2D eigenvalue weighted by Gasteiger charge is 2.26. The lowest BCUT2D eigenvalue weighted by Crippen LogP contribution is -2.44. The summed E-state index contributed by atoms with van der Waals surface area (Å²) in [6.45, 7) is 6.12. The molecule has 4 rings (SSSR count). The number of anilines is 1. The zero-order valence-corrected chi connectivity index (χ0v) is 21.8. The van der Waals surface area contributed by atoms with E-state index >= 15 is 0 Å². The van der Waals surface area contributed by atoms with E-state index in [2.05, 4.69) is 4.90 Å². The molecule has 1 aromatic carbocycles. The number of fused-ring (bicyclic) bond motifs is 1. The van der Waals surface area contributed by atoms with Gasteiger partial charge < -0.3 is 19.8 Å². The minimum atomic E-state index is -2.15. The molecule has 2 unspecified atom stereocenters. The minimum Gasteiger partial charge on any atom is -0.772 e. The molecule has 3 aromatic rings. The van der Waals surface area contributed by atoms with E-state index in [0.29, 0.717) is 42.2 Å². The summed E-state index contributed by atoms with van der Waals surface area (Å²) in [4.78, 5) is 33.7. The highest BCUT2D eigenvalue weighted by Crippen LogP contribution is 2.23. The van der Waals surface area contributed by atoms with Gasteiger partial charge >= 0.3 is 5.69 Å². The second-order valence-electron chi connectivity index (χ2n) is 9.64. The maximum atomic E-state index is 13.7. The smallest absolute Gasteiger partial charge is 0.332 e. The summed E-state index contributed by atoms with van der Waals surface area (Å²) in [5.41, 5.74) is 8.92. The Kier molecular flexibility index (Phi) is 7.91. The molecular formula is C25H33N6O4S-. The molecule has 10 nitrogen and oxygen atoms in total. The minimum absolute atomic E-state index is 0.0379. The van der Waals surface area contributed by atoms with Crippen molar-refractivity contribution < 1.29 is 8.76 Å². The first-order chi connectivity index (χ1) is 17.2. The molecule has 1 saturated heterocycles. The fourth-order valence-electron chi connectivity index (χ4n) is 4.62. The van der Waals surface area contributed by atoms with Crippen molar-refractivity contribution in [3.63, 3.8) is 0 Å². The van der Waals surface area contributed by atoms with Gasteiger partial charge in [-0.15, -0.1) is 0 Å². The molecule has 2 aromatic heterocycles. The molecule has 1 aliphatic heterocycles. The van der Waals surface area contributed by atoms with Crippen LogP contribution in [0.3, 0.4) is 0 Å². The molecule has 0 radical (unpaired) electrons. The van der Waals surface area contributed by atoms with Gasteiger partial charge in [-0.25, -0.2) is 4.79 Å². The van der Waals surface area contributed by atoms with E-state index < -0.39 is 16.8 Å². The summed E-state index contributed by atoms with van der Waals surface area (Å²) in [6, 6.07) is 7.19. The molecule has 36 heavy (non-hydrogen) atoms. The van der Waals surface area contributed by atoms with E-state index in [1.165, 1.54) is 9.13 Å². The highest BCUT2D eigenvalue weighted by atomic mass is 32.2. The molecule has 2 atom stereocenters. The van der Waals surface area contributed by atoms with Gasteiger partial charge in [0.1, 0.15) is 0 Å². The van der Waals surface area contributed by atoms with Crippen LogP contribution >= 0.6 is 0 Å². The average Bonchev–Trinajstić information content (AvgIpc) is 3.22. The van der Waals surface area contributed by atoms with Gasteiger partial charge in [-0.1, -0.05) is 47.0 Å². The first-order valence-corrected chi connectivity index (χ1v) is 13.4. The van der Waals surface area contributed by atoms with Gasteiger partial charge in [-0.2, -0.15) is 4.98 Å². The second kappa shape index (κ2) is 10.9. The number of aryl methyl sites for hydroxylation is 2. The van der Waals surface area contributed by atoms with Crippen molar-refractivity contribution in [2.45, 2.75) is 58.0 Å². The Bertz CT molecular complexity index is 1420. The van der Waals surface area contributed by atoms with Gasteiger partial charge in [0.2, 0.25) is 5.95 Å².